The fraction of sp³-hybridized carbons (Fsp3) is 0. The van der Waals surface area contributed by atoms with E-state index in [4.69, 9.17) is 22.9 Å². The molecular formula is C90H50BBr2O5S4. The molecule has 0 fully saturated rings. The van der Waals surface area contributed by atoms with E-state index in [1.165, 1.54) is 125 Å². The third kappa shape index (κ3) is 10.6. The molecule has 0 saturated carbocycles. The molecule has 0 spiro atoms. The Bertz CT molecular complexity index is 6780. The molecule has 7 heterocycles. The quantitative estimate of drug-likeness (QED) is 0.161. The summed E-state index contributed by atoms with van der Waals surface area (Å²) in [5.74, 6) is 0.572. The van der Waals surface area contributed by atoms with Crippen LogP contribution in [0.2, 0.25) is 0 Å². The van der Waals surface area contributed by atoms with Gasteiger partial charge in [0.1, 0.15) is 39.2 Å². The highest BCUT2D eigenvalue weighted by molar-refractivity contribution is 9.10. The van der Waals surface area contributed by atoms with Gasteiger partial charge in [0.25, 0.3) is 0 Å². The van der Waals surface area contributed by atoms with Crippen molar-refractivity contribution in [2.45, 2.75) is 0 Å². The van der Waals surface area contributed by atoms with E-state index in [9.17, 15) is 0 Å². The summed E-state index contributed by atoms with van der Waals surface area (Å²) in [5.41, 5.74) is 17.1. The molecule has 0 aliphatic rings. The van der Waals surface area contributed by atoms with Gasteiger partial charge in [-0.3, -0.25) is 0 Å². The summed E-state index contributed by atoms with van der Waals surface area (Å²) in [7, 11) is 0.679. The van der Waals surface area contributed by atoms with Gasteiger partial charge in [-0.1, -0.05) is 165 Å². The number of hydrogen-bond donors (Lipinski definition) is 1. The molecule has 0 amide bonds. The Morgan fingerprint density at radius 3 is 0.794 bits per heavy atom. The SMILES string of the molecule is Brc1ccc2sc3ccc4sc5ccc(Br)cc5c4c3c2c1.O[B]Oc1ccc2oc3ccc(-c4ccccc4)cc3c2c1.c1ccc(-c2ccc3oc4ccc(-c5ccc6sc7ccc8sc9ccc(-c%10ccc%11oc%12ccc(-c%13ccccc%13)cc%12c%11c%10)cc9c8c7c6c5)cc4c3c2)cc1. The number of furan rings is 3. The molecule has 481 valence electrons. The van der Waals surface area contributed by atoms with Crippen molar-refractivity contribution in [1.82, 2.24) is 0 Å². The maximum absolute atomic E-state index is 8.78. The number of thiophene rings is 4. The number of rotatable bonds is 7. The van der Waals surface area contributed by atoms with Gasteiger partial charge in [0, 0.05) is 122 Å². The van der Waals surface area contributed by atoms with Crippen molar-refractivity contribution < 1.29 is 22.9 Å². The normalized spacial score (nSPS) is 11.9. The predicted molar refractivity (Wildman–Crippen MR) is 444 cm³/mol. The van der Waals surface area contributed by atoms with E-state index >= 15 is 0 Å². The van der Waals surface area contributed by atoms with E-state index in [1.807, 2.05) is 81.7 Å². The minimum absolute atomic E-state index is 0.572. The van der Waals surface area contributed by atoms with Crippen LogP contribution < -0.4 is 4.65 Å². The van der Waals surface area contributed by atoms with Gasteiger partial charge >= 0.3 is 7.69 Å². The predicted octanol–water partition coefficient (Wildman–Crippen LogP) is 29.0. The van der Waals surface area contributed by atoms with E-state index in [-0.39, 0.29) is 0 Å². The van der Waals surface area contributed by atoms with Gasteiger partial charge in [0.05, 0.1) is 0 Å². The molecule has 102 heavy (non-hydrogen) atoms. The van der Waals surface area contributed by atoms with Gasteiger partial charge in [-0.2, -0.15) is 0 Å². The summed E-state index contributed by atoms with van der Waals surface area (Å²) >= 11 is 14.7. The minimum atomic E-state index is 0.572. The van der Waals surface area contributed by atoms with E-state index in [1.54, 1.807) is 6.07 Å². The largest absolute Gasteiger partial charge is 0.569 e. The molecule has 0 bridgehead atoms. The second-order valence-electron chi connectivity index (χ2n) is 25.6. The first-order chi connectivity index (χ1) is 50.2. The van der Waals surface area contributed by atoms with Crippen LogP contribution in [-0.2, 0) is 0 Å². The number of benzene rings is 15. The third-order valence-electron chi connectivity index (χ3n) is 19.6. The highest BCUT2D eigenvalue weighted by Crippen LogP contribution is 2.49. The second-order valence-corrected chi connectivity index (χ2v) is 31.7. The lowest BCUT2D eigenvalue weighted by Gasteiger charge is -2.05. The molecule has 0 atom stereocenters. The summed E-state index contributed by atoms with van der Waals surface area (Å²) in [4.78, 5) is 0. The Balaban J connectivity index is 0.000000128. The molecule has 5 nitrogen and oxygen atoms in total. The molecule has 0 aliphatic heterocycles. The molecule has 7 aromatic heterocycles. The summed E-state index contributed by atoms with van der Waals surface area (Å²) in [6.07, 6.45) is 0. The average Bonchev–Trinajstić information content (AvgIpc) is 1.67. The van der Waals surface area contributed by atoms with E-state index in [0.717, 1.165) is 85.9 Å². The second kappa shape index (κ2) is 24.9. The average molecular weight is 1510 g/mol. The first-order valence-corrected chi connectivity index (χ1v) is 38.2. The third-order valence-corrected chi connectivity index (χ3v) is 25.1. The summed E-state index contributed by atoms with van der Waals surface area (Å²) in [6.45, 7) is 0. The van der Waals surface area contributed by atoms with Crippen molar-refractivity contribution >= 4 is 231 Å². The Labute approximate surface area is 616 Å². The van der Waals surface area contributed by atoms with Crippen molar-refractivity contribution in [3.63, 3.8) is 0 Å². The summed E-state index contributed by atoms with van der Waals surface area (Å²) in [5, 5.41) is 26.1. The topological polar surface area (TPSA) is 68.9 Å². The molecule has 22 aromatic rings. The first kappa shape index (κ1) is 61.3. The molecule has 0 unspecified atom stereocenters. The van der Waals surface area contributed by atoms with Gasteiger partial charge in [-0.15, -0.1) is 45.3 Å². The van der Waals surface area contributed by atoms with E-state index in [2.05, 4.69) is 287 Å². The van der Waals surface area contributed by atoms with Crippen LogP contribution in [0.15, 0.2) is 319 Å². The van der Waals surface area contributed by atoms with Crippen molar-refractivity contribution in [2.75, 3.05) is 0 Å². The zero-order valence-electron chi connectivity index (χ0n) is 53.8. The van der Waals surface area contributed by atoms with Crippen molar-refractivity contribution in [2.24, 2.45) is 0 Å². The molecular weight excluding hydrogens is 1460 g/mol. The molecule has 12 heteroatoms. The zero-order chi connectivity index (χ0) is 67.7. The lowest BCUT2D eigenvalue weighted by atomic mass is 9.97. The standard InChI is InChI=1S/C54H30O2S2.C18H12BO3.C18H8Br2S2/c1-3-7-31(8-4-1)33-11-17-45-39(25-33)41-27-35(13-19-47(41)55-45)37-15-21-49-43(29-37)53-51(57-49)23-24-52-54(53)44-30-38(16-22-50(44)58-52)36-14-20-48-42(28-36)40-26-34(12-18-46(40)56-48)32-9-5-2-6-10-32;20-19-22-14-7-9-18-16(11-14)15-10-13(6-8-17(15)21-18)12-4-2-1-3-5-12;19-9-1-3-13-11(7-9)17-15(21-13)5-6-16-18(17)12-8-10(20)2-4-14(12)22-16/h1-30H;1-11,20H;1-8H. The number of halogens is 2. The van der Waals surface area contributed by atoms with Crippen LogP contribution in [0.5, 0.6) is 5.75 Å². The molecule has 1 N–H and O–H groups in total. The Morgan fingerprint density at radius 1 is 0.235 bits per heavy atom. The molecule has 1 radical (unpaired) electrons. The van der Waals surface area contributed by atoms with Crippen LogP contribution in [0.1, 0.15) is 0 Å². The highest BCUT2D eigenvalue weighted by Gasteiger charge is 2.20. The van der Waals surface area contributed by atoms with Crippen LogP contribution in [0.4, 0.5) is 0 Å². The number of fused-ring (bicyclic) bond motifs is 23. The van der Waals surface area contributed by atoms with Gasteiger partial charge in [-0.25, -0.2) is 0 Å². The molecule has 22 rings (SSSR count). The van der Waals surface area contributed by atoms with Gasteiger partial charge in [0.15, 0.2) is 0 Å². The van der Waals surface area contributed by atoms with Gasteiger partial charge in [0.2, 0.25) is 0 Å². The Hall–Kier alpha value is -10.6. The maximum Gasteiger partial charge on any atom is 0.569 e. The van der Waals surface area contributed by atoms with Crippen molar-refractivity contribution in [1.29, 1.82) is 0 Å². The lowest BCUT2D eigenvalue weighted by Crippen LogP contribution is -1.98. The minimum Gasteiger partial charge on any atom is -0.537 e. The maximum atomic E-state index is 8.78. The smallest absolute Gasteiger partial charge is 0.537 e. The van der Waals surface area contributed by atoms with Crippen LogP contribution in [0.25, 0.3) is 202 Å². The van der Waals surface area contributed by atoms with Crippen LogP contribution >= 0.6 is 77.2 Å². The van der Waals surface area contributed by atoms with Crippen LogP contribution in [0.3, 0.4) is 0 Å². The summed E-state index contributed by atoms with van der Waals surface area (Å²) in [6, 6.07) is 105. The van der Waals surface area contributed by atoms with Crippen molar-refractivity contribution in [3.8, 4) is 61.4 Å². The van der Waals surface area contributed by atoms with Crippen LogP contribution in [-0.4, -0.2) is 12.7 Å². The summed E-state index contributed by atoms with van der Waals surface area (Å²) < 4.78 is 36.5. The fourth-order valence-corrected chi connectivity index (χ4v) is 19.9. The number of hydrogen-bond acceptors (Lipinski definition) is 9. The zero-order valence-corrected chi connectivity index (χ0v) is 60.3. The van der Waals surface area contributed by atoms with E-state index in [0.29, 0.717) is 13.4 Å². The van der Waals surface area contributed by atoms with E-state index < -0.39 is 0 Å². The van der Waals surface area contributed by atoms with Crippen molar-refractivity contribution in [3.05, 3.63) is 306 Å². The van der Waals surface area contributed by atoms with Crippen LogP contribution in [0, 0.1) is 0 Å². The fourth-order valence-electron chi connectivity index (χ4n) is 14.8. The van der Waals surface area contributed by atoms with Gasteiger partial charge < -0.3 is 22.9 Å². The molecule has 0 saturated heterocycles. The highest BCUT2D eigenvalue weighted by atomic mass is 79.9. The molecule has 0 aliphatic carbocycles. The Kier molecular flexibility index (Phi) is 14.9. The molecule has 15 aromatic carbocycles. The lowest BCUT2D eigenvalue weighted by molar-refractivity contribution is 0.454. The Morgan fingerprint density at radius 2 is 0.480 bits per heavy atom. The monoisotopic (exact) mass is 1510 g/mol. The van der Waals surface area contributed by atoms with Gasteiger partial charge in [-0.05, 0) is 219 Å². The first-order valence-electron chi connectivity index (χ1n) is 33.4.